The molecule has 74 valence electrons. The second kappa shape index (κ2) is 4.10. The highest BCUT2D eigenvalue weighted by Crippen LogP contribution is 2.11. The van der Waals surface area contributed by atoms with Crippen LogP contribution in [0.25, 0.3) is 11.0 Å². The predicted molar refractivity (Wildman–Crippen MR) is 59.9 cm³/mol. The average Bonchev–Trinajstić information content (AvgIpc) is 2.63. The van der Waals surface area contributed by atoms with Crippen molar-refractivity contribution in [2.75, 3.05) is 5.75 Å². The average molecular weight is 227 g/mol. The van der Waals surface area contributed by atoms with Crippen LogP contribution in [0.5, 0.6) is 0 Å². The van der Waals surface area contributed by atoms with E-state index in [1.165, 1.54) is 11.5 Å². The fourth-order valence-electron chi connectivity index (χ4n) is 1.10. The quantitative estimate of drug-likeness (QED) is 0.866. The van der Waals surface area contributed by atoms with Gasteiger partial charge in [0.2, 0.25) is 0 Å². The van der Waals surface area contributed by atoms with E-state index in [4.69, 9.17) is 0 Å². The number of nitrogens with one attached hydrogen (secondary N) is 1. The van der Waals surface area contributed by atoms with Crippen molar-refractivity contribution in [3.05, 3.63) is 21.6 Å². The lowest BCUT2D eigenvalue weighted by Gasteiger charge is -1.97. The van der Waals surface area contributed by atoms with Gasteiger partial charge in [-0.25, -0.2) is 4.98 Å². The third-order valence-electron chi connectivity index (χ3n) is 1.72. The number of nitrogens with zero attached hydrogens (tertiary/aromatic N) is 2. The van der Waals surface area contributed by atoms with Crippen molar-refractivity contribution >= 4 is 34.3 Å². The van der Waals surface area contributed by atoms with Gasteiger partial charge in [0.15, 0.2) is 5.52 Å². The van der Waals surface area contributed by atoms with Gasteiger partial charge in [-0.15, -0.1) is 0 Å². The van der Waals surface area contributed by atoms with Crippen molar-refractivity contribution in [2.24, 2.45) is 0 Å². The number of aromatic nitrogens is 3. The van der Waals surface area contributed by atoms with E-state index >= 15 is 0 Å². The van der Waals surface area contributed by atoms with Crippen LogP contribution in [0.3, 0.4) is 0 Å². The molecule has 0 fully saturated rings. The molecular weight excluding hydrogens is 218 g/mol. The molecule has 0 radical (unpaired) electrons. The summed E-state index contributed by atoms with van der Waals surface area (Å²) in [6.45, 7) is 2.08. The van der Waals surface area contributed by atoms with Crippen LogP contribution in [-0.4, -0.2) is 20.1 Å². The van der Waals surface area contributed by atoms with Gasteiger partial charge in [-0.05, 0) is 17.3 Å². The van der Waals surface area contributed by atoms with Crippen LogP contribution in [0.4, 0.5) is 0 Å². The van der Waals surface area contributed by atoms with E-state index in [1.54, 1.807) is 17.1 Å². The lowest BCUT2D eigenvalue weighted by molar-refractivity contribution is 1.04. The van der Waals surface area contributed by atoms with Gasteiger partial charge in [-0.2, -0.15) is 16.1 Å². The Morgan fingerprint density at radius 2 is 2.50 bits per heavy atom. The highest BCUT2D eigenvalue weighted by molar-refractivity contribution is 7.98. The second-order valence-corrected chi connectivity index (χ2v) is 4.60. The van der Waals surface area contributed by atoms with Crippen molar-refractivity contribution in [2.45, 2.75) is 12.7 Å². The largest absolute Gasteiger partial charge is 0.308 e. The molecule has 0 saturated carbocycles. The zero-order chi connectivity index (χ0) is 9.97. The molecule has 2 aromatic heterocycles. The summed E-state index contributed by atoms with van der Waals surface area (Å²) in [5.41, 5.74) is 1.01. The minimum atomic E-state index is -0.136. The molecule has 0 aliphatic rings. The Hall–Kier alpha value is -0.880. The maximum absolute atomic E-state index is 11.5. The number of rotatable bonds is 3. The van der Waals surface area contributed by atoms with Crippen LogP contribution in [0.15, 0.2) is 10.2 Å². The fourth-order valence-corrected chi connectivity index (χ4v) is 2.23. The first-order valence-electron chi connectivity index (χ1n) is 4.22. The van der Waals surface area contributed by atoms with Crippen LogP contribution in [0, 0.1) is 0 Å². The van der Waals surface area contributed by atoms with Crippen molar-refractivity contribution in [1.29, 1.82) is 0 Å². The zero-order valence-corrected chi connectivity index (χ0v) is 9.24. The smallest absolute Gasteiger partial charge is 0.278 e. The summed E-state index contributed by atoms with van der Waals surface area (Å²) in [6.07, 6.45) is 0. The third-order valence-corrected chi connectivity index (χ3v) is 3.22. The van der Waals surface area contributed by atoms with E-state index in [0.29, 0.717) is 11.0 Å². The van der Waals surface area contributed by atoms with Crippen LogP contribution in [0.2, 0.25) is 0 Å². The summed E-state index contributed by atoms with van der Waals surface area (Å²) < 4.78 is 3.97. The maximum Gasteiger partial charge on any atom is 0.278 e. The second-order valence-electron chi connectivity index (χ2n) is 2.70. The number of hydrogen-bond donors (Lipinski definition) is 1. The number of hydrogen-bond acceptors (Lipinski definition) is 5. The van der Waals surface area contributed by atoms with E-state index in [-0.39, 0.29) is 5.56 Å². The standard InChI is InChI=1S/C8H9N3OS2/c1-2-13-4-6-9-5-3-14-11-7(5)8(12)10-6/h3H,2,4H2,1H3,(H,9,10,12). The summed E-state index contributed by atoms with van der Waals surface area (Å²) in [5, 5.41) is 1.80. The van der Waals surface area contributed by atoms with Crippen LogP contribution < -0.4 is 5.56 Å². The van der Waals surface area contributed by atoms with E-state index in [1.807, 2.05) is 0 Å². The van der Waals surface area contributed by atoms with E-state index in [9.17, 15) is 4.79 Å². The Bertz CT molecular complexity index is 491. The molecule has 0 saturated heterocycles. The molecule has 6 heteroatoms. The van der Waals surface area contributed by atoms with Gasteiger partial charge < -0.3 is 4.98 Å². The van der Waals surface area contributed by atoms with E-state index in [0.717, 1.165) is 17.3 Å². The molecule has 0 unspecified atom stereocenters. The lowest BCUT2D eigenvalue weighted by atomic mass is 10.4. The van der Waals surface area contributed by atoms with Crippen molar-refractivity contribution in [1.82, 2.24) is 14.3 Å². The van der Waals surface area contributed by atoms with Gasteiger partial charge in [0, 0.05) is 5.38 Å². The Labute approximate surface area is 88.9 Å². The number of aromatic amines is 1. The van der Waals surface area contributed by atoms with Crippen LogP contribution >= 0.6 is 23.3 Å². The van der Waals surface area contributed by atoms with E-state index < -0.39 is 0 Å². The fraction of sp³-hybridized carbons (Fsp3) is 0.375. The van der Waals surface area contributed by atoms with Crippen LogP contribution in [-0.2, 0) is 5.75 Å². The molecule has 2 heterocycles. The molecule has 0 bridgehead atoms. The molecule has 4 nitrogen and oxygen atoms in total. The molecule has 0 aliphatic heterocycles. The van der Waals surface area contributed by atoms with Crippen molar-refractivity contribution in [3.8, 4) is 0 Å². The first-order valence-corrected chi connectivity index (χ1v) is 6.21. The Balaban J connectivity index is 2.43. The van der Waals surface area contributed by atoms with Gasteiger partial charge in [0.1, 0.15) is 11.3 Å². The summed E-state index contributed by atoms with van der Waals surface area (Å²) in [7, 11) is 0. The monoisotopic (exact) mass is 227 g/mol. The zero-order valence-electron chi connectivity index (χ0n) is 7.61. The molecule has 0 amide bonds. The lowest BCUT2D eigenvalue weighted by Crippen LogP contribution is -2.10. The predicted octanol–water partition coefficient (Wildman–Crippen LogP) is 1.63. The normalized spacial score (nSPS) is 10.9. The SMILES string of the molecule is CCSCc1nc2csnc2c(=O)[nH]1. The van der Waals surface area contributed by atoms with Gasteiger partial charge in [0.25, 0.3) is 5.56 Å². The molecular formula is C8H9N3OS2. The molecule has 2 aromatic rings. The van der Waals surface area contributed by atoms with Crippen LogP contribution in [0.1, 0.15) is 12.7 Å². The Morgan fingerprint density at radius 1 is 1.64 bits per heavy atom. The molecule has 0 aromatic carbocycles. The maximum atomic E-state index is 11.5. The summed E-state index contributed by atoms with van der Waals surface area (Å²) >= 11 is 2.99. The molecule has 0 aliphatic carbocycles. The van der Waals surface area contributed by atoms with Crippen molar-refractivity contribution < 1.29 is 0 Å². The summed E-state index contributed by atoms with van der Waals surface area (Å²) in [6, 6.07) is 0. The molecule has 0 spiro atoms. The topological polar surface area (TPSA) is 58.6 Å². The number of thioether (sulfide) groups is 1. The first kappa shape index (κ1) is 9.67. The summed E-state index contributed by atoms with van der Waals surface area (Å²) in [4.78, 5) is 18.5. The number of fused-ring (bicyclic) bond motifs is 1. The Kier molecular flexibility index (Phi) is 2.83. The third kappa shape index (κ3) is 1.80. The van der Waals surface area contributed by atoms with Gasteiger partial charge in [0.05, 0.1) is 5.75 Å². The minimum Gasteiger partial charge on any atom is -0.308 e. The first-order chi connectivity index (χ1) is 6.81. The number of H-pyrrole nitrogens is 1. The van der Waals surface area contributed by atoms with Gasteiger partial charge >= 0.3 is 0 Å². The minimum absolute atomic E-state index is 0.136. The molecule has 2 rings (SSSR count). The Morgan fingerprint density at radius 3 is 3.29 bits per heavy atom. The summed E-state index contributed by atoms with van der Waals surface area (Å²) in [5.74, 6) is 2.50. The van der Waals surface area contributed by atoms with E-state index in [2.05, 4.69) is 21.3 Å². The van der Waals surface area contributed by atoms with Gasteiger partial charge in [-0.3, -0.25) is 4.79 Å². The van der Waals surface area contributed by atoms with Gasteiger partial charge in [-0.1, -0.05) is 6.92 Å². The molecule has 0 atom stereocenters. The highest BCUT2D eigenvalue weighted by Gasteiger charge is 2.05. The molecule has 1 N–H and O–H groups in total. The van der Waals surface area contributed by atoms with Crippen molar-refractivity contribution in [3.63, 3.8) is 0 Å². The highest BCUT2D eigenvalue weighted by atomic mass is 32.2. The molecule has 14 heavy (non-hydrogen) atoms.